The average molecular weight is 320 g/mol. The number of nitrogens with zero attached hydrogens (tertiary/aromatic N) is 1. The third-order valence-corrected chi connectivity index (χ3v) is 3.14. The zero-order valence-corrected chi connectivity index (χ0v) is 10.1. The van der Waals surface area contributed by atoms with Gasteiger partial charge in [-0.1, -0.05) is 0 Å². The smallest absolute Gasteiger partial charge is 0.142 e. The second-order valence-corrected chi connectivity index (χ2v) is 4.51. The first-order valence-corrected chi connectivity index (χ1v) is 5.37. The minimum Gasteiger partial charge on any atom is -0.397 e. The van der Waals surface area contributed by atoms with Crippen molar-refractivity contribution in [3.8, 4) is 0 Å². The van der Waals surface area contributed by atoms with Crippen molar-refractivity contribution in [2.24, 2.45) is 0 Å². The number of pyridine rings is 1. The first kappa shape index (κ1) is 9.86. The highest BCUT2D eigenvalue weighted by molar-refractivity contribution is 9.11. The second kappa shape index (κ2) is 3.47. The Morgan fingerprint density at radius 1 is 1.21 bits per heavy atom. The molecule has 2 rings (SSSR count). The van der Waals surface area contributed by atoms with E-state index in [0.29, 0.717) is 16.6 Å². The molecule has 0 aliphatic carbocycles. The van der Waals surface area contributed by atoms with Crippen molar-refractivity contribution in [1.29, 1.82) is 0 Å². The predicted molar refractivity (Wildman–Crippen MR) is 61.5 cm³/mol. The van der Waals surface area contributed by atoms with Crippen LogP contribution in [0.3, 0.4) is 0 Å². The molecule has 0 saturated carbocycles. The van der Waals surface area contributed by atoms with Crippen molar-refractivity contribution in [2.75, 3.05) is 5.73 Å². The Bertz CT molecular complexity index is 514. The Morgan fingerprint density at radius 2 is 1.93 bits per heavy atom. The molecule has 2 N–H and O–H groups in total. The fourth-order valence-electron chi connectivity index (χ4n) is 1.22. The van der Waals surface area contributed by atoms with Gasteiger partial charge >= 0.3 is 0 Å². The molecule has 1 heterocycles. The van der Waals surface area contributed by atoms with Gasteiger partial charge in [-0.15, -0.1) is 0 Å². The van der Waals surface area contributed by atoms with E-state index in [9.17, 15) is 4.39 Å². The molecular weight excluding hydrogens is 315 g/mol. The van der Waals surface area contributed by atoms with Crippen molar-refractivity contribution >= 4 is 48.5 Å². The van der Waals surface area contributed by atoms with E-state index in [1.54, 1.807) is 6.07 Å². The largest absolute Gasteiger partial charge is 0.397 e. The molecule has 1 aromatic carbocycles. The minimum absolute atomic E-state index is 0.394. The molecule has 2 aromatic rings. The Hall–Kier alpha value is -0.680. The SMILES string of the molecule is Nc1c(Br)cc(Br)c2ncc(F)cc12. The van der Waals surface area contributed by atoms with Gasteiger partial charge in [-0.25, -0.2) is 4.39 Å². The lowest BCUT2D eigenvalue weighted by molar-refractivity contribution is 0.624. The van der Waals surface area contributed by atoms with Crippen LogP contribution in [-0.2, 0) is 0 Å². The van der Waals surface area contributed by atoms with Crippen LogP contribution in [0.15, 0.2) is 27.3 Å². The van der Waals surface area contributed by atoms with Gasteiger partial charge in [0, 0.05) is 14.3 Å². The quantitative estimate of drug-likeness (QED) is 0.755. The summed E-state index contributed by atoms with van der Waals surface area (Å²) in [6.45, 7) is 0. The Morgan fingerprint density at radius 3 is 2.64 bits per heavy atom. The average Bonchev–Trinajstić information content (AvgIpc) is 2.14. The molecule has 0 spiro atoms. The van der Waals surface area contributed by atoms with Crippen LogP contribution in [-0.4, -0.2) is 4.98 Å². The summed E-state index contributed by atoms with van der Waals surface area (Å²) >= 11 is 6.62. The predicted octanol–water partition coefficient (Wildman–Crippen LogP) is 3.48. The molecule has 2 nitrogen and oxygen atoms in total. The van der Waals surface area contributed by atoms with Crippen molar-refractivity contribution < 1.29 is 4.39 Å². The topological polar surface area (TPSA) is 38.9 Å². The highest BCUT2D eigenvalue weighted by atomic mass is 79.9. The van der Waals surface area contributed by atoms with Crippen molar-refractivity contribution in [3.05, 3.63) is 33.1 Å². The zero-order chi connectivity index (χ0) is 10.3. The monoisotopic (exact) mass is 318 g/mol. The van der Waals surface area contributed by atoms with Crippen LogP contribution in [0, 0.1) is 5.82 Å². The minimum atomic E-state index is -0.394. The molecule has 1 aromatic heterocycles. The van der Waals surface area contributed by atoms with Crippen molar-refractivity contribution in [1.82, 2.24) is 4.98 Å². The summed E-state index contributed by atoms with van der Waals surface area (Å²) in [7, 11) is 0. The summed E-state index contributed by atoms with van der Waals surface area (Å²) in [5, 5.41) is 0.603. The number of hydrogen-bond acceptors (Lipinski definition) is 2. The van der Waals surface area contributed by atoms with Crippen LogP contribution in [0.4, 0.5) is 10.1 Å². The lowest BCUT2D eigenvalue weighted by atomic mass is 10.2. The molecular formula is C9H5Br2FN2. The van der Waals surface area contributed by atoms with Gasteiger partial charge in [0.25, 0.3) is 0 Å². The Kier molecular flexibility index (Phi) is 2.45. The van der Waals surface area contributed by atoms with E-state index in [-0.39, 0.29) is 0 Å². The van der Waals surface area contributed by atoms with Crippen molar-refractivity contribution in [3.63, 3.8) is 0 Å². The number of aromatic nitrogens is 1. The van der Waals surface area contributed by atoms with E-state index < -0.39 is 5.82 Å². The van der Waals surface area contributed by atoms with Crippen LogP contribution in [0.5, 0.6) is 0 Å². The van der Waals surface area contributed by atoms with E-state index in [1.165, 1.54) is 12.3 Å². The maximum atomic E-state index is 12.9. The van der Waals surface area contributed by atoms with E-state index >= 15 is 0 Å². The number of hydrogen-bond donors (Lipinski definition) is 1. The first-order chi connectivity index (χ1) is 6.59. The maximum absolute atomic E-state index is 12.9. The Labute approximate surface area is 96.6 Å². The zero-order valence-electron chi connectivity index (χ0n) is 6.89. The summed E-state index contributed by atoms with van der Waals surface area (Å²) in [6.07, 6.45) is 1.17. The molecule has 0 aliphatic heterocycles. The Balaban J connectivity index is 2.95. The molecule has 0 amide bonds. The van der Waals surface area contributed by atoms with Gasteiger partial charge in [-0.3, -0.25) is 4.98 Å². The number of nitrogen functional groups attached to an aromatic ring is 1. The number of nitrogens with two attached hydrogens (primary N) is 1. The molecule has 0 aliphatic rings. The lowest BCUT2D eigenvalue weighted by Gasteiger charge is -2.05. The molecule has 5 heteroatoms. The van der Waals surface area contributed by atoms with Crippen LogP contribution in [0.2, 0.25) is 0 Å². The molecule has 0 fully saturated rings. The number of halogens is 3. The molecule has 0 radical (unpaired) electrons. The molecule has 0 saturated heterocycles. The summed E-state index contributed by atoms with van der Waals surface area (Å²) in [5.41, 5.74) is 6.94. The van der Waals surface area contributed by atoms with E-state index in [1.807, 2.05) is 0 Å². The van der Waals surface area contributed by atoms with Gasteiger partial charge in [0.2, 0.25) is 0 Å². The van der Waals surface area contributed by atoms with Crippen molar-refractivity contribution in [2.45, 2.75) is 0 Å². The third-order valence-electron chi connectivity index (χ3n) is 1.88. The third kappa shape index (κ3) is 1.50. The molecule has 0 unspecified atom stereocenters. The van der Waals surface area contributed by atoms with E-state index in [2.05, 4.69) is 36.8 Å². The fraction of sp³-hybridized carbons (Fsp3) is 0. The van der Waals surface area contributed by atoms with Gasteiger partial charge in [0.05, 0.1) is 17.4 Å². The highest BCUT2D eigenvalue weighted by Crippen LogP contribution is 2.33. The maximum Gasteiger partial charge on any atom is 0.142 e. The van der Waals surface area contributed by atoms with Gasteiger partial charge in [0.15, 0.2) is 0 Å². The highest BCUT2D eigenvalue weighted by Gasteiger charge is 2.08. The molecule has 0 atom stereocenters. The van der Waals surface area contributed by atoms with Crippen LogP contribution < -0.4 is 5.73 Å². The van der Waals surface area contributed by atoms with Crippen LogP contribution in [0.25, 0.3) is 10.9 Å². The number of fused-ring (bicyclic) bond motifs is 1. The van der Waals surface area contributed by atoms with Gasteiger partial charge in [0.1, 0.15) is 5.82 Å². The fourth-order valence-corrected chi connectivity index (χ4v) is 2.52. The van der Waals surface area contributed by atoms with Crippen LogP contribution >= 0.6 is 31.9 Å². The number of anilines is 1. The summed E-state index contributed by atoms with van der Waals surface area (Å²) < 4.78 is 14.4. The van der Waals surface area contributed by atoms with Gasteiger partial charge in [-0.2, -0.15) is 0 Å². The van der Waals surface area contributed by atoms with Crippen LogP contribution in [0.1, 0.15) is 0 Å². The molecule has 72 valence electrons. The second-order valence-electron chi connectivity index (χ2n) is 2.80. The summed E-state index contributed by atoms with van der Waals surface area (Å²) in [4.78, 5) is 3.96. The van der Waals surface area contributed by atoms with E-state index in [0.717, 1.165) is 8.95 Å². The first-order valence-electron chi connectivity index (χ1n) is 3.78. The van der Waals surface area contributed by atoms with E-state index in [4.69, 9.17) is 5.73 Å². The summed E-state index contributed by atoms with van der Waals surface area (Å²) in [6, 6.07) is 3.16. The standard InChI is InChI=1S/C9H5Br2FN2/c10-6-2-7(11)9-5(8(6)13)1-4(12)3-14-9/h1-3H,13H2. The lowest BCUT2D eigenvalue weighted by Crippen LogP contribution is -1.92. The van der Waals surface area contributed by atoms with Gasteiger partial charge in [-0.05, 0) is 44.0 Å². The number of rotatable bonds is 0. The molecule has 0 bridgehead atoms. The normalized spacial score (nSPS) is 10.8. The number of benzene rings is 1. The van der Waals surface area contributed by atoms with Gasteiger partial charge < -0.3 is 5.73 Å². The molecule has 14 heavy (non-hydrogen) atoms. The summed E-state index contributed by atoms with van der Waals surface area (Å²) in [5.74, 6) is -0.394.